The van der Waals surface area contributed by atoms with Crippen molar-refractivity contribution in [1.82, 2.24) is 15.1 Å². The molecule has 0 atom stereocenters. The van der Waals surface area contributed by atoms with E-state index in [1.165, 1.54) is 22.4 Å². The Balaban J connectivity index is 1.57. The average Bonchev–Trinajstić information content (AvgIpc) is 2.90. The highest BCUT2D eigenvalue weighted by Crippen LogP contribution is 2.14. The highest BCUT2D eigenvalue weighted by molar-refractivity contribution is 5.48. The molecule has 25 heavy (non-hydrogen) atoms. The number of aryl methyl sites for hydroxylation is 1. The zero-order chi connectivity index (χ0) is 17.5. The van der Waals surface area contributed by atoms with Gasteiger partial charge in [-0.15, -0.1) is 0 Å². The first-order chi connectivity index (χ1) is 12.2. The van der Waals surface area contributed by atoms with Crippen molar-refractivity contribution in [1.29, 1.82) is 0 Å². The van der Waals surface area contributed by atoms with Gasteiger partial charge in [0.15, 0.2) is 0 Å². The van der Waals surface area contributed by atoms with Crippen LogP contribution in [0.3, 0.4) is 0 Å². The first kappa shape index (κ1) is 17.2. The Bertz CT molecular complexity index is 817. The first-order valence-corrected chi connectivity index (χ1v) is 8.73. The van der Waals surface area contributed by atoms with Crippen LogP contribution < -0.4 is 5.32 Å². The predicted octanol–water partition coefficient (Wildman–Crippen LogP) is 4.35. The number of hydrogen-bond acceptors (Lipinski definition) is 2. The number of aromatic nitrogens is 2. The van der Waals surface area contributed by atoms with E-state index < -0.39 is 0 Å². The maximum Gasteiger partial charge on any atom is 0.0662 e. The molecule has 0 saturated heterocycles. The van der Waals surface area contributed by atoms with Crippen LogP contribution in [-0.2, 0) is 13.1 Å². The maximum atomic E-state index is 4.71. The normalized spacial score (nSPS) is 11.3. The largest absolute Gasteiger partial charge is 0.309 e. The van der Waals surface area contributed by atoms with Crippen molar-refractivity contribution >= 4 is 6.08 Å². The fourth-order valence-electron chi connectivity index (χ4n) is 2.94. The molecule has 0 spiro atoms. The monoisotopic (exact) mass is 331 g/mol. The number of benzene rings is 2. The van der Waals surface area contributed by atoms with Gasteiger partial charge in [0.2, 0.25) is 0 Å². The molecule has 128 valence electrons. The lowest BCUT2D eigenvalue weighted by molar-refractivity contribution is 0.656. The molecule has 0 saturated carbocycles. The molecule has 3 nitrogen and oxygen atoms in total. The molecular weight excluding hydrogens is 306 g/mol. The Morgan fingerprint density at radius 2 is 1.64 bits per heavy atom. The second kappa shape index (κ2) is 8.45. The van der Waals surface area contributed by atoms with Gasteiger partial charge in [0.05, 0.1) is 12.2 Å². The Hall–Kier alpha value is -2.65. The van der Waals surface area contributed by atoms with Crippen LogP contribution in [0.5, 0.6) is 0 Å². The molecule has 0 fully saturated rings. The van der Waals surface area contributed by atoms with Gasteiger partial charge in [-0.2, -0.15) is 5.10 Å². The van der Waals surface area contributed by atoms with Gasteiger partial charge in [-0.1, -0.05) is 72.8 Å². The summed E-state index contributed by atoms with van der Waals surface area (Å²) >= 11 is 0. The summed E-state index contributed by atoms with van der Waals surface area (Å²) in [6.07, 6.45) is 4.31. The number of nitrogens with zero attached hydrogens (tertiary/aromatic N) is 2. The lowest BCUT2D eigenvalue weighted by Crippen LogP contribution is -2.14. The van der Waals surface area contributed by atoms with Gasteiger partial charge in [0.25, 0.3) is 0 Å². The molecule has 1 aromatic heterocycles. The van der Waals surface area contributed by atoms with E-state index in [-0.39, 0.29) is 0 Å². The minimum Gasteiger partial charge on any atom is -0.309 e. The molecule has 0 amide bonds. The highest BCUT2D eigenvalue weighted by Gasteiger charge is 2.10. The molecule has 2 aromatic carbocycles. The van der Waals surface area contributed by atoms with Crippen LogP contribution >= 0.6 is 0 Å². The van der Waals surface area contributed by atoms with Crippen LogP contribution in [0.2, 0.25) is 0 Å². The molecule has 1 heterocycles. The van der Waals surface area contributed by atoms with Crippen molar-refractivity contribution in [3.8, 4) is 0 Å². The third kappa shape index (κ3) is 4.68. The van der Waals surface area contributed by atoms with Crippen LogP contribution in [-0.4, -0.2) is 16.3 Å². The summed E-state index contributed by atoms with van der Waals surface area (Å²) < 4.78 is 2.10. The predicted molar refractivity (Wildman–Crippen MR) is 104 cm³/mol. The molecule has 0 radical (unpaired) electrons. The SMILES string of the molecule is Cc1nn(Cc2ccccc2)c(C)c1CNCC=Cc1ccccc1. The molecule has 0 unspecified atom stereocenters. The Kier molecular flexibility index (Phi) is 5.81. The quantitative estimate of drug-likeness (QED) is 0.652. The summed E-state index contributed by atoms with van der Waals surface area (Å²) in [5, 5.41) is 8.20. The second-order valence-corrected chi connectivity index (χ2v) is 6.24. The fraction of sp³-hybridized carbons (Fsp3) is 0.227. The molecule has 3 heteroatoms. The summed E-state index contributed by atoms with van der Waals surface area (Å²) in [4.78, 5) is 0. The first-order valence-electron chi connectivity index (χ1n) is 8.73. The molecule has 3 aromatic rings. The van der Waals surface area contributed by atoms with Crippen LogP contribution in [0.1, 0.15) is 28.1 Å². The van der Waals surface area contributed by atoms with E-state index >= 15 is 0 Å². The van der Waals surface area contributed by atoms with Crippen LogP contribution in [0.15, 0.2) is 66.7 Å². The third-order valence-electron chi connectivity index (χ3n) is 4.38. The Morgan fingerprint density at radius 1 is 0.960 bits per heavy atom. The van der Waals surface area contributed by atoms with Crippen molar-refractivity contribution in [3.05, 3.63) is 94.8 Å². The van der Waals surface area contributed by atoms with E-state index in [9.17, 15) is 0 Å². The second-order valence-electron chi connectivity index (χ2n) is 6.24. The van der Waals surface area contributed by atoms with Gasteiger partial charge >= 0.3 is 0 Å². The van der Waals surface area contributed by atoms with E-state index in [4.69, 9.17) is 5.10 Å². The zero-order valence-corrected chi connectivity index (χ0v) is 14.9. The topological polar surface area (TPSA) is 29.9 Å². The summed E-state index contributed by atoms with van der Waals surface area (Å²) in [5.41, 5.74) is 6.14. The van der Waals surface area contributed by atoms with Gasteiger partial charge in [-0.05, 0) is 25.0 Å². The Labute approximate surface area is 150 Å². The van der Waals surface area contributed by atoms with Gasteiger partial charge in [0, 0.05) is 24.3 Å². The van der Waals surface area contributed by atoms with Crippen molar-refractivity contribution in [2.24, 2.45) is 0 Å². The zero-order valence-electron chi connectivity index (χ0n) is 14.9. The number of rotatable bonds is 7. The van der Waals surface area contributed by atoms with Crippen molar-refractivity contribution in [2.75, 3.05) is 6.54 Å². The van der Waals surface area contributed by atoms with E-state index in [0.717, 1.165) is 25.3 Å². The van der Waals surface area contributed by atoms with Crippen molar-refractivity contribution in [2.45, 2.75) is 26.9 Å². The van der Waals surface area contributed by atoms with E-state index in [2.05, 4.69) is 84.5 Å². The summed E-state index contributed by atoms with van der Waals surface area (Å²) in [6.45, 7) is 6.75. The summed E-state index contributed by atoms with van der Waals surface area (Å²) in [5.74, 6) is 0. The van der Waals surface area contributed by atoms with E-state index in [0.29, 0.717) is 0 Å². The fourth-order valence-corrected chi connectivity index (χ4v) is 2.94. The standard InChI is InChI=1S/C22H25N3/c1-18-22(16-23-15-9-14-20-10-5-3-6-11-20)19(2)25(24-18)17-21-12-7-4-8-13-21/h3-14,23H,15-17H2,1-2H3. The molecular formula is C22H25N3. The number of hydrogen-bond donors (Lipinski definition) is 1. The molecule has 0 aliphatic carbocycles. The van der Waals surface area contributed by atoms with Crippen LogP contribution in [0.25, 0.3) is 6.08 Å². The minimum atomic E-state index is 0.821. The van der Waals surface area contributed by atoms with E-state index in [1.54, 1.807) is 0 Å². The van der Waals surface area contributed by atoms with Crippen LogP contribution in [0, 0.1) is 13.8 Å². The van der Waals surface area contributed by atoms with Gasteiger partial charge in [-0.25, -0.2) is 0 Å². The Morgan fingerprint density at radius 3 is 2.36 bits per heavy atom. The third-order valence-corrected chi connectivity index (χ3v) is 4.38. The summed E-state index contributed by atoms with van der Waals surface area (Å²) in [7, 11) is 0. The lowest BCUT2D eigenvalue weighted by atomic mass is 10.2. The summed E-state index contributed by atoms with van der Waals surface area (Å²) in [6, 6.07) is 20.8. The lowest BCUT2D eigenvalue weighted by Gasteiger charge is -2.06. The van der Waals surface area contributed by atoms with Crippen molar-refractivity contribution in [3.63, 3.8) is 0 Å². The van der Waals surface area contributed by atoms with Crippen molar-refractivity contribution < 1.29 is 0 Å². The smallest absolute Gasteiger partial charge is 0.0662 e. The molecule has 3 rings (SSSR count). The number of nitrogens with one attached hydrogen (secondary N) is 1. The minimum absolute atomic E-state index is 0.821. The maximum absolute atomic E-state index is 4.71. The molecule has 0 bridgehead atoms. The average molecular weight is 331 g/mol. The van der Waals surface area contributed by atoms with Gasteiger partial charge < -0.3 is 5.32 Å². The van der Waals surface area contributed by atoms with Gasteiger partial charge in [0.1, 0.15) is 0 Å². The van der Waals surface area contributed by atoms with E-state index in [1.807, 2.05) is 12.1 Å². The molecule has 0 aliphatic rings. The van der Waals surface area contributed by atoms with Gasteiger partial charge in [-0.3, -0.25) is 4.68 Å². The molecule has 1 N–H and O–H groups in total. The molecule has 0 aliphatic heterocycles. The van der Waals surface area contributed by atoms with Crippen LogP contribution in [0.4, 0.5) is 0 Å². The highest BCUT2D eigenvalue weighted by atomic mass is 15.3.